The van der Waals surface area contributed by atoms with Gasteiger partial charge >= 0.3 is 11.9 Å². The zero-order chi connectivity index (χ0) is 14.7. The molecule has 0 spiro atoms. The third-order valence-corrected chi connectivity index (χ3v) is 3.15. The van der Waals surface area contributed by atoms with Gasteiger partial charge < -0.3 is 9.84 Å². The van der Waals surface area contributed by atoms with Crippen LogP contribution in [0.2, 0.25) is 5.02 Å². The number of rotatable bonds is 3. The number of carboxylic acids is 1. The van der Waals surface area contributed by atoms with E-state index in [4.69, 9.17) is 16.7 Å². The predicted molar refractivity (Wildman–Crippen MR) is 75.2 cm³/mol. The van der Waals surface area contributed by atoms with Gasteiger partial charge in [-0.15, -0.1) is 0 Å². The maximum Gasteiger partial charge on any atom is 0.337 e. The van der Waals surface area contributed by atoms with Crippen molar-refractivity contribution < 1.29 is 19.4 Å². The van der Waals surface area contributed by atoms with Gasteiger partial charge in [0, 0.05) is 0 Å². The van der Waals surface area contributed by atoms with E-state index in [1.807, 2.05) is 0 Å². The highest BCUT2D eigenvalue weighted by Gasteiger charge is 2.10. The number of benzene rings is 2. The molecular formula is C15H11ClO4. The van der Waals surface area contributed by atoms with Crippen molar-refractivity contribution in [3.05, 3.63) is 58.6 Å². The van der Waals surface area contributed by atoms with E-state index in [1.165, 1.54) is 13.2 Å². The number of carboxylic acid groups (broad SMARTS) is 1. The summed E-state index contributed by atoms with van der Waals surface area (Å²) in [7, 11) is 1.32. The Kier molecular flexibility index (Phi) is 4.05. The lowest BCUT2D eigenvalue weighted by molar-refractivity contribution is 0.0600. The molecular weight excluding hydrogens is 280 g/mol. The fraction of sp³-hybridized carbons (Fsp3) is 0.0667. The lowest BCUT2D eigenvalue weighted by Gasteiger charge is -2.06. The van der Waals surface area contributed by atoms with E-state index in [2.05, 4.69) is 4.74 Å². The molecule has 0 saturated heterocycles. The fourth-order valence-electron chi connectivity index (χ4n) is 1.78. The second-order valence-electron chi connectivity index (χ2n) is 4.07. The summed E-state index contributed by atoms with van der Waals surface area (Å²) in [6.07, 6.45) is 0. The summed E-state index contributed by atoms with van der Waals surface area (Å²) in [4.78, 5) is 22.2. The minimum atomic E-state index is -1.07. The summed E-state index contributed by atoms with van der Waals surface area (Å²) in [5.74, 6) is -1.47. The minimum Gasteiger partial charge on any atom is -0.478 e. The molecule has 0 amide bonds. The largest absolute Gasteiger partial charge is 0.478 e. The fourth-order valence-corrected chi connectivity index (χ4v) is 2.05. The van der Waals surface area contributed by atoms with E-state index in [0.717, 1.165) is 11.1 Å². The molecule has 102 valence electrons. The maximum absolute atomic E-state index is 11.3. The van der Waals surface area contributed by atoms with Gasteiger partial charge in [-0.2, -0.15) is 0 Å². The third kappa shape index (κ3) is 2.81. The first kappa shape index (κ1) is 14.1. The van der Waals surface area contributed by atoms with Gasteiger partial charge in [-0.25, -0.2) is 9.59 Å². The maximum atomic E-state index is 11.3. The third-order valence-electron chi connectivity index (χ3n) is 2.84. The van der Waals surface area contributed by atoms with Crippen LogP contribution in [0.3, 0.4) is 0 Å². The summed E-state index contributed by atoms with van der Waals surface area (Å²) in [6, 6.07) is 11.5. The van der Waals surface area contributed by atoms with Crippen LogP contribution in [0.25, 0.3) is 11.1 Å². The van der Waals surface area contributed by atoms with E-state index in [1.54, 1.807) is 36.4 Å². The number of ether oxygens (including phenoxy) is 1. The normalized spacial score (nSPS) is 10.1. The average Bonchev–Trinajstić information content (AvgIpc) is 2.46. The lowest BCUT2D eigenvalue weighted by Crippen LogP contribution is -2.00. The molecule has 0 bridgehead atoms. The lowest BCUT2D eigenvalue weighted by atomic mass is 10.0. The van der Waals surface area contributed by atoms with Gasteiger partial charge in [0.25, 0.3) is 0 Å². The second-order valence-corrected chi connectivity index (χ2v) is 4.48. The molecule has 0 aliphatic rings. The zero-order valence-electron chi connectivity index (χ0n) is 10.6. The Morgan fingerprint density at radius 2 is 1.65 bits per heavy atom. The molecule has 20 heavy (non-hydrogen) atoms. The highest BCUT2D eigenvalue weighted by atomic mass is 35.5. The second kappa shape index (κ2) is 5.75. The number of halogens is 1. The van der Waals surface area contributed by atoms with Crippen LogP contribution in [0, 0.1) is 0 Å². The molecule has 0 unspecified atom stereocenters. The Morgan fingerprint density at radius 3 is 2.15 bits per heavy atom. The Hall–Kier alpha value is -2.33. The van der Waals surface area contributed by atoms with Crippen LogP contribution in [-0.4, -0.2) is 24.2 Å². The zero-order valence-corrected chi connectivity index (χ0v) is 11.3. The first-order chi connectivity index (χ1) is 9.52. The van der Waals surface area contributed by atoms with Crippen molar-refractivity contribution in [1.29, 1.82) is 0 Å². The molecule has 4 nitrogen and oxygen atoms in total. The van der Waals surface area contributed by atoms with Gasteiger partial charge in [-0.1, -0.05) is 29.8 Å². The number of carbonyl (C=O) groups is 2. The first-order valence-corrected chi connectivity index (χ1v) is 6.12. The molecule has 2 aromatic carbocycles. The van der Waals surface area contributed by atoms with Gasteiger partial charge in [0.15, 0.2) is 0 Å². The van der Waals surface area contributed by atoms with Crippen molar-refractivity contribution >= 4 is 23.5 Å². The Balaban J connectivity index is 2.35. The van der Waals surface area contributed by atoms with Crippen LogP contribution >= 0.6 is 11.6 Å². The monoisotopic (exact) mass is 290 g/mol. The van der Waals surface area contributed by atoms with Crippen LogP contribution in [-0.2, 0) is 4.74 Å². The molecule has 0 atom stereocenters. The number of esters is 1. The highest BCUT2D eigenvalue weighted by molar-refractivity contribution is 6.33. The van der Waals surface area contributed by atoms with Gasteiger partial charge in [0.2, 0.25) is 0 Å². The van der Waals surface area contributed by atoms with Crippen LogP contribution < -0.4 is 0 Å². The van der Waals surface area contributed by atoms with Gasteiger partial charge in [-0.05, 0) is 35.4 Å². The molecule has 2 aromatic rings. The summed E-state index contributed by atoms with van der Waals surface area (Å²) >= 11 is 5.92. The van der Waals surface area contributed by atoms with Gasteiger partial charge in [-0.3, -0.25) is 0 Å². The van der Waals surface area contributed by atoms with Crippen LogP contribution in [0.1, 0.15) is 20.7 Å². The Labute approximate surface area is 120 Å². The number of carbonyl (C=O) groups excluding carboxylic acids is 1. The summed E-state index contributed by atoms with van der Waals surface area (Å²) in [5.41, 5.74) is 2.11. The van der Waals surface area contributed by atoms with Crippen LogP contribution in [0.15, 0.2) is 42.5 Å². The van der Waals surface area contributed by atoms with Crippen LogP contribution in [0.5, 0.6) is 0 Å². The van der Waals surface area contributed by atoms with Crippen molar-refractivity contribution in [2.45, 2.75) is 0 Å². The smallest absolute Gasteiger partial charge is 0.337 e. The minimum absolute atomic E-state index is 0.0570. The molecule has 0 saturated carbocycles. The summed E-state index contributed by atoms with van der Waals surface area (Å²) in [5, 5.41) is 9.09. The Bertz CT molecular complexity index is 662. The quantitative estimate of drug-likeness (QED) is 0.879. The molecule has 0 aromatic heterocycles. The number of methoxy groups -OCH3 is 1. The van der Waals surface area contributed by atoms with Crippen molar-refractivity contribution in [2.24, 2.45) is 0 Å². The van der Waals surface area contributed by atoms with Gasteiger partial charge in [0.05, 0.1) is 23.3 Å². The highest BCUT2D eigenvalue weighted by Crippen LogP contribution is 2.26. The summed E-state index contributed by atoms with van der Waals surface area (Å²) < 4.78 is 4.62. The molecule has 5 heteroatoms. The van der Waals surface area contributed by atoms with E-state index in [0.29, 0.717) is 5.56 Å². The van der Waals surface area contributed by atoms with E-state index >= 15 is 0 Å². The molecule has 1 N–H and O–H groups in total. The molecule has 0 heterocycles. The standard InChI is InChI=1S/C15H11ClO4/c1-20-15(19)10-4-2-9(3-5-10)11-6-7-12(14(17)18)13(16)8-11/h2-8H,1H3,(H,17,18). The van der Waals surface area contributed by atoms with E-state index in [9.17, 15) is 9.59 Å². The molecule has 0 aliphatic heterocycles. The number of hydrogen-bond donors (Lipinski definition) is 1. The first-order valence-electron chi connectivity index (χ1n) is 5.74. The van der Waals surface area contributed by atoms with E-state index < -0.39 is 11.9 Å². The van der Waals surface area contributed by atoms with E-state index in [-0.39, 0.29) is 10.6 Å². The number of hydrogen-bond acceptors (Lipinski definition) is 3. The topological polar surface area (TPSA) is 63.6 Å². The average molecular weight is 291 g/mol. The Morgan fingerprint density at radius 1 is 1.05 bits per heavy atom. The van der Waals surface area contributed by atoms with Crippen molar-refractivity contribution in [1.82, 2.24) is 0 Å². The number of aromatic carboxylic acids is 1. The van der Waals surface area contributed by atoms with Crippen molar-refractivity contribution in [2.75, 3.05) is 7.11 Å². The van der Waals surface area contributed by atoms with Crippen molar-refractivity contribution in [3.8, 4) is 11.1 Å². The van der Waals surface area contributed by atoms with Crippen molar-refractivity contribution in [3.63, 3.8) is 0 Å². The molecule has 0 aliphatic carbocycles. The van der Waals surface area contributed by atoms with Gasteiger partial charge in [0.1, 0.15) is 0 Å². The summed E-state index contributed by atoms with van der Waals surface area (Å²) in [6.45, 7) is 0. The molecule has 0 radical (unpaired) electrons. The molecule has 2 rings (SSSR count). The predicted octanol–water partition coefficient (Wildman–Crippen LogP) is 3.49. The molecule has 0 fully saturated rings. The SMILES string of the molecule is COC(=O)c1ccc(-c2ccc(C(=O)O)c(Cl)c2)cc1. The van der Waals surface area contributed by atoms with Crippen LogP contribution in [0.4, 0.5) is 0 Å².